The van der Waals surface area contributed by atoms with Crippen LogP contribution >= 0.6 is 0 Å². The van der Waals surface area contributed by atoms with E-state index >= 15 is 0 Å². The molecule has 0 bridgehead atoms. The van der Waals surface area contributed by atoms with Crippen LogP contribution in [0, 0.1) is 0 Å². The highest BCUT2D eigenvalue weighted by molar-refractivity contribution is 5.79. The summed E-state index contributed by atoms with van der Waals surface area (Å²) in [6.45, 7) is 7.89. The average molecular weight is 323 g/mol. The number of hydrogen-bond donors (Lipinski definition) is 2. The van der Waals surface area contributed by atoms with E-state index < -0.39 is 0 Å². The zero-order valence-corrected chi connectivity index (χ0v) is 15.0. The Bertz CT molecular complexity index is 516. The zero-order chi connectivity index (χ0) is 17.3. The first-order chi connectivity index (χ1) is 11.0. The van der Waals surface area contributed by atoms with E-state index in [1.54, 1.807) is 21.3 Å². The topological polar surface area (TPSA) is 64.1 Å². The molecule has 6 nitrogen and oxygen atoms in total. The van der Waals surface area contributed by atoms with Crippen molar-refractivity contribution in [3.8, 4) is 11.5 Å². The molecule has 0 radical (unpaired) electrons. The maximum Gasteiger partial charge on any atom is 0.191 e. The summed E-state index contributed by atoms with van der Waals surface area (Å²) in [6, 6.07) is 5.88. The van der Waals surface area contributed by atoms with E-state index in [1.807, 2.05) is 39.0 Å². The molecule has 1 rings (SSSR count). The number of methoxy groups -OCH3 is 2. The third-order valence-electron chi connectivity index (χ3n) is 3.45. The summed E-state index contributed by atoms with van der Waals surface area (Å²) in [5.41, 5.74) is 0.836. The smallest absolute Gasteiger partial charge is 0.191 e. The quantitative estimate of drug-likeness (QED) is 0.567. The number of hydrogen-bond acceptors (Lipinski definition) is 4. The van der Waals surface area contributed by atoms with Gasteiger partial charge in [-0.3, -0.25) is 4.99 Å². The maximum atomic E-state index is 5.59. The molecule has 0 unspecified atom stereocenters. The van der Waals surface area contributed by atoms with E-state index in [4.69, 9.17) is 14.2 Å². The molecule has 0 aliphatic rings. The summed E-state index contributed by atoms with van der Waals surface area (Å²) in [4.78, 5) is 4.22. The predicted molar refractivity (Wildman–Crippen MR) is 93.5 cm³/mol. The van der Waals surface area contributed by atoms with Crippen molar-refractivity contribution >= 4 is 5.96 Å². The molecule has 23 heavy (non-hydrogen) atoms. The lowest BCUT2D eigenvalue weighted by atomic mass is 10.1. The van der Waals surface area contributed by atoms with Crippen LogP contribution in [-0.4, -0.2) is 46.0 Å². The highest BCUT2D eigenvalue weighted by Gasteiger charge is 2.16. The molecular weight excluding hydrogens is 294 g/mol. The lowest BCUT2D eigenvalue weighted by Crippen LogP contribution is -2.45. The highest BCUT2D eigenvalue weighted by Crippen LogP contribution is 2.27. The Balaban J connectivity index is 2.63. The fourth-order valence-electron chi connectivity index (χ4n) is 1.87. The molecule has 130 valence electrons. The van der Waals surface area contributed by atoms with Crippen molar-refractivity contribution in [1.29, 1.82) is 0 Å². The van der Waals surface area contributed by atoms with Crippen LogP contribution in [0.4, 0.5) is 0 Å². The van der Waals surface area contributed by atoms with Gasteiger partial charge in [0.2, 0.25) is 0 Å². The van der Waals surface area contributed by atoms with Gasteiger partial charge in [-0.25, -0.2) is 0 Å². The molecule has 0 fully saturated rings. The van der Waals surface area contributed by atoms with Gasteiger partial charge in [0.25, 0.3) is 0 Å². The van der Waals surface area contributed by atoms with Crippen molar-refractivity contribution < 1.29 is 14.2 Å². The summed E-state index contributed by atoms with van der Waals surface area (Å²) in [7, 11) is 5.08. The van der Waals surface area contributed by atoms with Gasteiger partial charge in [0.1, 0.15) is 0 Å². The van der Waals surface area contributed by atoms with E-state index in [9.17, 15) is 0 Å². The van der Waals surface area contributed by atoms with Crippen molar-refractivity contribution in [2.24, 2.45) is 4.99 Å². The molecule has 0 aliphatic carbocycles. The van der Waals surface area contributed by atoms with Crippen LogP contribution in [0.5, 0.6) is 11.5 Å². The lowest BCUT2D eigenvalue weighted by molar-refractivity contribution is 0.0268. The number of nitrogens with zero attached hydrogens (tertiary/aromatic N) is 1. The van der Waals surface area contributed by atoms with Crippen LogP contribution in [0.3, 0.4) is 0 Å². The lowest BCUT2D eigenvalue weighted by Gasteiger charge is -2.24. The second-order valence-electron chi connectivity index (χ2n) is 5.66. The maximum absolute atomic E-state index is 5.59. The van der Waals surface area contributed by atoms with Crippen LogP contribution in [0.25, 0.3) is 0 Å². The van der Waals surface area contributed by atoms with Gasteiger partial charge in [0, 0.05) is 27.2 Å². The minimum Gasteiger partial charge on any atom is -0.493 e. The summed E-state index contributed by atoms with van der Waals surface area (Å²) >= 11 is 0. The molecule has 0 aromatic heterocycles. The first-order valence-corrected chi connectivity index (χ1v) is 7.75. The van der Waals surface area contributed by atoms with Crippen LogP contribution in [0.15, 0.2) is 23.2 Å². The summed E-state index contributed by atoms with van der Waals surface area (Å²) in [5, 5.41) is 6.53. The first-order valence-electron chi connectivity index (χ1n) is 7.75. The van der Waals surface area contributed by atoms with E-state index in [1.165, 1.54) is 0 Å². The average Bonchev–Trinajstić information content (AvgIpc) is 2.55. The SMILES string of the molecule is CCOc1cc(CNC(=NC)NCC(C)(C)OC)ccc1OC. The Morgan fingerprint density at radius 2 is 1.91 bits per heavy atom. The third kappa shape index (κ3) is 6.36. The molecule has 2 N–H and O–H groups in total. The summed E-state index contributed by atoms with van der Waals surface area (Å²) in [6.07, 6.45) is 0. The van der Waals surface area contributed by atoms with Crippen molar-refractivity contribution in [1.82, 2.24) is 10.6 Å². The Labute approximate surface area is 139 Å². The zero-order valence-electron chi connectivity index (χ0n) is 15.0. The standard InChI is InChI=1S/C17H29N3O3/c1-7-23-15-10-13(8-9-14(15)21-5)11-19-16(18-4)20-12-17(2,3)22-6/h8-10H,7,11-12H2,1-6H3,(H2,18,19,20). The summed E-state index contributed by atoms with van der Waals surface area (Å²) < 4.78 is 16.3. The van der Waals surface area contributed by atoms with Crippen molar-refractivity contribution in [3.05, 3.63) is 23.8 Å². The van der Waals surface area contributed by atoms with Gasteiger partial charge in [0.05, 0.1) is 19.3 Å². The normalized spacial score (nSPS) is 12.0. The monoisotopic (exact) mass is 323 g/mol. The largest absolute Gasteiger partial charge is 0.493 e. The van der Waals surface area contributed by atoms with Gasteiger partial charge >= 0.3 is 0 Å². The highest BCUT2D eigenvalue weighted by atomic mass is 16.5. The van der Waals surface area contributed by atoms with Crippen LogP contribution < -0.4 is 20.1 Å². The Kier molecular flexibility index (Phi) is 7.68. The number of ether oxygens (including phenoxy) is 3. The molecule has 0 atom stereocenters. The minimum absolute atomic E-state index is 0.250. The van der Waals surface area contributed by atoms with E-state index in [2.05, 4.69) is 15.6 Å². The fourth-order valence-corrected chi connectivity index (χ4v) is 1.87. The predicted octanol–water partition coefficient (Wildman–Crippen LogP) is 2.18. The van der Waals surface area contributed by atoms with Gasteiger partial charge in [-0.15, -0.1) is 0 Å². The van der Waals surface area contributed by atoms with E-state index in [-0.39, 0.29) is 5.60 Å². The Hall–Kier alpha value is -1.95. The molecule has 0 spiro atoms. The van der Waals surface area contributed by atoms with Gasteiger partial charge in [-0.2, -0.15) is 0 Å². The van der Waals surface area contributed by atoms with Crippen LogP contribution in [-0.2, 0) is 11.3 Å². The van der Waals surface area contributed by atoms with Crippen molar-refractivity contribution in [2.75, 3.05) is 34.4 Å². The van der Waals surface area contributed by atoms with Crippen LogP contribution in [0.2, 0.25) is 0 Å². The van der Waals surface area contributed by atoms with Crippen molar-refractivity contribution in [3.63, 3.8) is 0 Å². The Morgan fingerprint density at radius 1 is 1.17 bits per heavy atom. The number of guanidine groups is 1. The number of nitrogens with one attached hydrogen (secondary N) is 2. The third-order valence-corrected chi connectivity index (χ3v) is 3.45. The summed E-state index contributed by atoms with van der Waals surface area (Å²) in [5.74, 6) is 2.21. The van der Waals surface area contributed by atoms with Gasteiger partial charge < -0.3 is 24.8 Å². The van der Waals surface area contributed by atoms with E-state index in [0.717, 1.165) is 23.0 Å². The van der Waals surface area contributed by atoms with Crippen molar-refractivity contribution in [2.45, 2.75) is 32.9 Å². The molecule has 0 saturated heterocycles. The number of benzene rings is 1. The molecule has 0 amide bonds. The van der Waals surface area contributed by atoms with Crippen LogP contribution in [0.1, 0.15) is 26.3 Å². The number of aliphatic imine (C=N–C) groups is 1. The molecule has 1 aromatic carbocycles. The second-order valence-corrected chi connectivity index (χ2v) is 5.66. The van der Waals surface area contributed by atoms with Gasteiger partial charge in [-0.05, 0) is 38.5 Å². The Morgan fingerprint density at radius 3 is 2.48 bits per heavy atom. The first kappa shape index (κ1) is 19.1. The van der Waals surface area contributed by atoms with Gasteiger partial charge in [-0.1, -0.05) is 6.07 Å². The van der Waals surface area contributed by atoms with Gasteiger partial charge in [0.15, 0.2) is 17.5 Å². The number of rotatable bonds is 8. The minimum atomic E-state index is -0.250. The molecular formula is C17H29N3O3. The molecule has 0 aliphatic heterocycles. The molecule has 1 aromatic rings. The molecule has 6 heteroatoms. The molecule has 0 heterocycles. The second kappa shape index (κ2) is 9.25. The molecule has 0 saturated carbocycles. The fraction of sp³-hybridized carbons (Fsp3) is 0.588. The van der Waals surface area contributed by atoms with E-state index in [0.29, 0.717) is 19.7 Å².